The summed E-state index contributed by atoms with van der Waals surface area (Å²) in [6.07, 6.45) is 5.53. The summed E-state index contributed by atoms with van der Waals surface area (Å²) in [4.78, 5) is 29.5. The van der Waals surface area contributed by atoms with Gasteiger partial charge in [0.25, 0.3) is 0 Å². The molecule has 2 heterocycles. The predicted molar refractivity (Wildman–Crippen MR) is 98.6 cm³/mol. The number of rotatable bonds is 4. The van der Waals surface area contributed by atoms with Crippen molar-refractivity contribution in [3.8, 4) is 5.75 Å². The van der Waals surface area contributed by atoms with Gasteiger partial charge in [0, 0.05) is 37.7 Å². The number of amides is 2. The van der Waals surface area contributed by atoms with Crippen LogP contribution in [0.5, 0.6) is 5.75 Å². The van der Waals surface area contributed by atoms with Crippen molar-refractivity contribution < 1.29 is 18.7 Å². The molecule has 1 saturated carbocycles. The molecular weight excluding hydrogens is 347 g/mol. The highest BCUT2D eigenvalue weighted by molar-refractivity contribution is 5.86. The molecular formula is C21H27FN2O3. The van der Waals surface area contributed by atoms with Crippen LogP contribution in [-0.4, -0.2) is 48.4 Å². The van der Waals surface area contributed by atoms with Gasteiger partial charge in [0.2, 0.25) is 11.8 Å². The van der Waals surface area contributed by atoms with E-state index in [4.69, 9.17) is 4.74 Å². The van der Waals surface area contributed by atoms with Gasteiger partial charge < -0.3 is 14.5 Å². The molecule has 1 aliphatic carbocycles. The van der Waals surface area contributed by atoms with E-state index < -0.39 is 5.41 Å². The molecule has 0 unspecified atom stereocenters. The molecule has 3 aliphatic rings. The zero-order valence-corrected chi connectivity index (χ0v) is 15.9. The van der Waals surface area contributed by atoms with Crippen molar-refractivity contribution in [3.63, 3.8) is 0 Å². The highest BCUT2D eigenvalue weighted by Gasteiger charge is 2.50. The fourth-order valence-electron chi connectivity index (χ4n) is 4.66. The predicted octanol–water partition coefficient (Wildman–Crippen LogP) is 2.98. The van der Waals surface area contributed by atoms with Crippen molar-refractivity contribution in [3.05, 3.63) is 29.6 Å². The van der Waals surface area contributed by atoms with E-state index in [0.717, 1.165) is 38.5 Å². The van der Waals surface area contributed by atoms with E-state index in [1.54, 1.807) is 24.1 Å². The van der Waals surface area contributed by atoms with Gasteiger partial charge in [-0.1, -0.05) is 6.42 Å². The molecule has 3 fully saturated rings. The molecule has 5 nitrogen and oxygen atoms in total. The van der Waals surface area contributed by atoms with Crippen LogP contribution in [0.15, 0.2) is 18.2 Å². The molecule has 4 rings (SSSR count). The SMILES string of the molecule is COc1ccc(F)c(CN2CCC[C@@]3(CCN(C(=O)C4CCC4)C3)C2=O)c1. The Kier molecular flexibility index (Phi) is 4.82. The molecule has 0 bridgehead atoms. The van der Waals surface area contributed by atoms with Crippen LogP contribution in [0.1, 0.15) is 44.1 Å². The summed E-state index contributed by atoms with van der Waals surface area (Å²) in [6.45, 7) is 2.08. The fraction of sp³-hybridized carbons (Fsp3) is 0.619. The second kappa shape index (κ2) is 7.13. The number of ether oxygens (including phenoxy) is 1. The Hall–Kier alpha value is -2.11. The van der Waals surface area contributed by atoms with E-state index in [2.05, 4.69) is 0 Å². The Morgan fingerprint density at radius 3 is 2.78 bits per heavy atom. The number of likely N-dealkylation sites (tertiary alicyclic amines) is 2. The molecule has 1 atom stereocenters. The van der Waals surface area contributed by atoms with Gasteiger partial charge in [0.15, 0.2) is 0 Å². The van der Waals surface area contributed by atoms with Crippen LogP contribution < -0.4 is 4.74 Å². The average molecular weight is 374 g/mol. The van der Waals surface area contributed by atoms with E-state index in [0.29, 0.717) is 30.9 Å². The van der Waals surface area contributed by atoms with Crippen molar-refractivity contribution in [2.45, 2.75) is 45.1 Å². The summed E-state index contributed by atoms with van der Waals surface area (Å²) in [5.41, 5.74) is -0.00681. The van der Waals surface area contributed by atoms with Gasteiger partial charge in [-0.3, -0.25) is 9.59 Å². The van der Waals surface area contributed by atoms with Crippen LogP contribution >= 0.6 is 0 Å². The quantitative estimate of drug-likeness (QED) is 0.814. The summed E-state index contributed by atoms with van der Waals surface area (Å²) in [5, 5.41) is 0. The monoisotopic (exact) mass is 374 g/mol. The Morgan fingerprint density at radius 1 is 1.26 bits per heavy atom. The maximum atomic E-state index is 14.2. The molecule has 1 spiro atoms. The van der Waals surface area contributed by atoms with E-state index in [1.165, 1.54) is 6.07 Å². The van der Waals surface area contributed by atoms with Gasteiger partial charge in [0.1, 0.15) is 11.6 Å². The molecule has 2 aliphatic heterocycles. The van der Waals surface area contributed by atoms with E-state index >= 15 is 0 Å². The van der Waals surface area contributed by atoms with Crippen LogP contribution in [0.2, 0.25) is 0 Å². The lowest BCUT2D eigenvalue weighted by molar-refractivity contribution is -0.147. The van der Waals surface area contributed by atoms with Gasteiger partial charge >= 0.3 is 0 Å². The minimum absolute atomic E-state index is 0.0693. The lowest BCUT2D eigenvalue weighted by atomic mass is 9.78. The third-order valence-electron chi connectivity index (χ3n) is 6.56. The standard InChI is InChI=1S/C21H27FN2O3/c1-27-17-6-7-18(22)16(12-17)13-23-10-3-8-21(20(23)26)9-11-24(14-21)19(25)15-4-2-5-15/h6-7,12,15H,2-5,8-11,13-14H2,1H3/t21-/m0/s1. The summed E-state index contributed by atoms with van der Waals surface area (Å²) >= 11 is 0. The van der Waals surface area contributed by atoms with E-state index in [-0.39, 0.29) is 30.1 Å². The van der Waals surface area contributed by atoms with Gasteiger partial charge in [-0.2, -0.15) is 0 Å². The first-order chi connectivity index (χ1) is 13.0. The molecule has 1 aromatic carbocycles. The Morgan fingerprint density at radius 2 is 2.07 bits per heavy atom. The van der Waals surface area contributed by atoms with Crippen molar-refractivity contribution in [2.24, 2.45) is 11.3 Å². The first-order valence-electron chi connectivity index (χ1n) is 9.93. The second-order valence-electron chi connectivity index (χ2n) is 8.21. The molecule has 0 N–H and O–H groups in total. The number of benzene rings is 1. The van der Waals surface area contributed by atoms with Crippen LogP contribution in [0.25, 0.3) is 0 Å². The molecule has 146 valence electrons. The highest BCUT2D eigenvalue weighted by atomic mass is 19.1. The van der Waals surface area contributed by atoms with Crippen molar-refractivity contribution in [1.82, 2.24) is 9.80 Å². The summed E-state index contributed by atoms with van der Waals surface area (Å²) in [5.74, 6) is 0.725. The summed E-state index contributed by atoms with van der Waals surface area (Å²) in [6, 6.07) is 4.62. The zero-order chi connectivity index (χ0) is 19.0. The van der Waals surface area contributed by atoms with E-state index in [1.807, 2.05) is 4.90 Å². The van der Waals surface area contributed by atoms with Crippen molar-refractivity contribution in [1.29, 1.82) is 0 Å². The average Bonchev–Trinajstić information content (AvgIpc) is 3.04. The van der Waals surface area contributed by atoms with E-state index in [9.17, 15) is 14.0 Å². The smallest absolute Gasteiger partial charge is 0.230 e. The number of piperidine rings is 1. The fourth-order valence-corrected chi connectivity index (χ4v) is 4.66. The maximum absolute atomic E-state index is 14.2. The number of carbonyl (C=O) groups is 2. The Labute approximate surface area is 159 Å². The molecule has 27 heavy (non-hydrogen) atoms. The topological polar surface area (TPSA) is 49.9 Å². The number of halogens is 1. The molecule has 6 heteroatoms. The third kappa shape index (κ3) is 3.30. The van der Waals surface area contributed by atoms with Crippen molar-refractivity contribution in [2.75, 3.05) is 26.7 Å². The van der Waals surface area contributed by atoms with Crippen LogP contribution in [0.4, 0.5) is 4.39 Å². The van der Waals surface area contributed by atoms with Crippen LogP contribution in [0, 0.1) is 17.2 Å². The minimum atomic E-state index is -0.479. The third-order valence-corrected chi connectivity index (χ3v) is 6.56. The van der Waals surface area contributed by atoms with Gasteiger partial charge in [-0.05, 0) is 50.3 Å². The van der Waals surface area contributed by atoms with Crippen LogP contribution in [-0.2, 0) is 16.1 Å². The molecule has 2 amide bonds. The number of nitrogens with zero attached hydrogens (tertiary/aromatic N) is 2. The lowest BCUT2D eigenvalue weighted by Gasteiger charge is -2.39. The highest BCUT2D eigenvalue weighted by Crippen LogP contribution is 2.42. The first-order valence-corrected chi connectivity index (χ1v) is 9.93. The van der Waals surface area contributed by atoms with Gasteiger partial charge in [0.05, 0.1) is 12.5 Å². The number of hydrogen-bond acceptors (Lipinski definition) is 3. The molecule has 0 radical (unpaired) electrons. The molecule has 0 aromatic heterocycles. The summed E-state index contributed by atoms with van der Waals surface area (Å²) in [7, 11) is 1.55. The first kappa shape index (κ1) is 18.3. The normalized spacial score (nSPS) is 25.8. The van der Waals surface area contributed by atoms with Gasteiger partial charge in [-0.25, -0.2) is 4.39 Å². The minimum Gasteiger partial charge on any atom is -0.497 e. The van der Waals surface area contributed by atoms with Gasteiger partial charge in [-0.15, -0.1) is 0 Å². The Bertz CT molecular complexity index is 749. The maximum Gasteiger partial charge on any atom is 0.230 e. The number of methoxy groups -OCH3 is 1. The Balaban J connectivity index is 1.47. The second-order valence-corrected chi connectivity index (χ2v) is 8.21. The van der Waals surface area contributed by atoms with Crippen LogP contribution in [0.3, 0.4) is 0 Å². The van der Waals surface area contributed by atoms with Crippen molar-refractivity contribution >= 4 is 11.8 Å². The number of hydrogen-bond donors (Lipinski definition) is 0. The number of carbonyl (C=O) groups excluding carboxylic acids is 2. The lowest BCUT2D eigenvalue weighted by Crippen LogP contribution is -2.50. The largest absolute Gasteiger partial charge is 0.497 e. The molecule has 2 saturated heterocycles. The zero-order valence-electron chi connectivity index (χ0n) is 15.9. The summed E-state index contributed by atoms with van der Waals surface area (Å²) < 4.78 is 19.4. The molecule has 1 aromatic rings.